The lowest BCUT2D eigenvalue weighted by Crippen LogP contribution is -2.52. The van der Waals surface area contributed by atoms with Gasteiger partial charge in [0.1, 0.15) is 6.04 Å². The molecular weight excluding hydrogens is 472 g/mol. The molecule has 2 N–H and O–H groups in total. The summed E-state index contributed by atoms with van der Waals surface area (Å²) in [6, 6.07) is 11.1. The normalized spacial score (nSPS) is 20.1. The lowest BCUT2D eigenvalue weighted by molar-refractivity contribution is -0.137. The third-order valence-electron chi connectivity index (χ3n) is 7.35. The Hall–Kier alpha value is -3.56. The third kappa shape index (κ3) is 5.73. The molecule has 2 aromatic rings. The molecule has 9 nitrogen and oxygen atoms in total. The van der Waals surface area contributed by atoms with E-state index in [1.54, 1.807) is 6.07 Å². The van der Waals surface area contributed by atoms with Gasteiger partial charge < -0.3 is 15.0 Å². The Bertz CT molecular complexity index is 1240. The predicted molar refractivity (Wildman–Crippen MR) is 135 cm³/mol. The maximum Gasteiger partial charge on any atom is 0.255 e. The van der Waals surface area contributed by atoms with Gasteiger partial charge in [0.15, 0.2) is 0 Å². The molecule has 1 unspecified atom stereocenters. The van der Waals surface area contributed by atoms with Crippen LogP contribution in [0.2, 0.25) is 0 Å². The van der Waals surface area contributed by atoms with E-state index in [0.717, 1.165) is 49.5 Å². The summed E-state index contributed by atoms with van der Waals surface area (Å²) in [6.45, 7) is 7.08. The number of morpholine rings is 1. The maximum absolute atomic E-state index is 12.8. The summed E-state index contributed by atoms with van der Waals surface area (Å²) in [6.07, 6.45) is 0.857. The van der Waals surface area contributed by atoms with Crippen molar-refractivity contribution in [3.63, 3.8) is 0 Å². The van der Waals surface area contributed by atoms with E-state index in [9.17, 15) is 19.2 Å². The molecule has 3 aliphatic heterocycles. The SMILES string of the molecule is Cc1cc(CC(=O)NCc2ccc3c(c2)CN(C2CCC(=O)NC2=O)C3=O)ccc1CN1CCOCC1. The van der Waals surface area contributed by atoms with E-state index in [-0.39, 0.29) is 24.1 Å². The minimum atomic E-state index is -0.635. The molecule has 0 aromatic heterocycles. The number of rotatable bonds is 7. The minimum absolute atomic E-state index is 0.0675. The van der Waals surface area contributed by atoms with Crippen LogP contribution in [-0.4, -0.2) is 65.8 Å². The van der Waals surface area contributed by atoms with E-state index in [0.29, 0.717) is 31.5 Å². The lowest BCUT2D eigenvalue weighted by atomic mass is 10.0. The van der Waals surface area contributed by atoms with Crippen molar-refractivity contribution in [2.45, 2.75) is 51.9 Å². The van der Waals surface area contributed by atoms with E-state index >= 15 is 0 Å². The fourth-order valence-corrected chi connectivity index (χ4v) is 5.23. The summed E-state index contributed by atoms with van der Waals surface area (Å²) < 4.78 is 5.42. The van der Waals surface area contributed by atoms with Crippen molar-refractivity contribution in [3.05, 3.63) is 69.8 Å². The number of piperidine rings is 1. The number of hydrogen-bond donors (Lipinski definition) is 2. The van der Waals surface area contributed by atoms with Crippen LogP contribution in [0.4, 0.5) is 0 Å². The van der Waals surface area contributed by atoms with Crippen LogP contribution in [0.25, 0.3) is 0 Å². The summed E-state index contributed by atoms with van der Waals surface area (Å²) in [5.41, 5.74) is 5.70. The number of nitrogens with zero attached hydrogens (tertiary/aromatic N) is 2. The Kier molecular flexibility index (Phi) is 7.34. The molecule has 4 amide bonds. The third-order valence-corrected chi connectivity index (χ3v) is 7.35. The number of hydrogen-bond acceptors (Lipinski definition) is 6. The lowest BCUT2D eigenvalue weighted by Gasteiger charge is -2.29. The number of amides is 4. The number of nitrogens with one attached hydrogen (secondary N) is 2. The summed E-state index contributed by atoms with van der Waals surface area (Å²) >= 11 is 0. The fraction of sp³-hybridized carbons (Fsp3) is 0.429. The van der Waals surface area contributed by atoms with Gasteiger partial charge in [-0.25, -0.2) is 0 Å². The Morgan fingerprint density at radius 1 is 1.08 bits per heavy atom. The molecular formula is C28H32N4O5. The zero-order chi connectivity index (χ0) is 25.9. The highest BCUT2D eigenvalue weighted by Crippen LogP contribution is 2.28. The van der Waals surface area contributed by atoms with Crippen molar-refractivity contribution in [3.8, 4) is 0 Å². The number of benzene rings is 2. The first kappa shape index (κ1) is 25.1. The van der Waals surface area contributed by atoms with Gasteiger partial charge in [-0.15, -0.1) is 0 Å². The molecule has 3 aliphatic rings. The Morgan fingerprint density at radius 2 is 1.86 bits per heavy atom. The summed E-state index contributed by atoms with van der Waals surface area (Å²) in [5, 5.41) is 5.29. The van der Waals surface area contributed by atoms with Gasteiger partial charge in [-0.1, -0.05) is 30.3 Å². The van der Waals surface area contributed by atoms with E-state index < -0.39 is 11.9 Å². The first-order chi connectivity index (χ1) is 17.9. The monoisotopic (exact) mass is 504 g/mol. The molecule has 0 bridgehead atoms. The molecule has 0 aliphatic carbocycles. The van der Waals surface area contributed by atoms with Gasteiger partial charge in [0.05, 0.1) is 19.6 Å². The molecule has 5 rings (SSSR count). The van der Waals surface area contributed by atoms with Crippen LogP contribution in [0.5, 0.6) is 0 Å². The van der Waals surface area contributed by atoms with E-state index in [4.69, 9.17) is 4.74 Å². The first-order valence-electron chi connectivity index (χ1n) is 12.8. The van der Waals surface area contributed by atoms with Crippen LogP contribution in [0, 0.1) is 6.92 Å². The van der Waals surface area contributed by atoms with Gasteiger partial charge in [-0.05, 0) is 47.2 Å². The standard InChI is InChI=1S/C28H32N4O5/c1-18-12-19(2-4-21(18)16-31-8-10-37-11-9-31)14-26(34)29-15-20-3-5-23-22(13-20)17-32(28(23)36)24-6-7-25(33)30-27(24)35/h2-5,12-13,24H,6-11,14-17H2,1H3,(H,29,34)(H,30,33,35). The van der Waals surface area contributed by atoms with Gasteiger partial charge in [0.2, 0.25) is 17.7 Å². The van der Waals surface area contributed by atoms with Crippen LogP contribution in [0.15, 0.2) is 36.4 Å². The van der Waals surface area contributed by atoms with Crippen LogP contribution < -0.4 is 10.6 Å². The molecule has 0 spiro atoms. The van der Waals surface area contributed by atoms with Crippen LogP contribution in [0.3, 0.4) is 0 Å². The van der Waals surface area contributed by atoms with Crippen molar-refractivity contribution >= 4 is 23.6 Å². The van der Waals surface area contributed by atoms with E-state index in [1.807, 2.05) is 18.2 Å². The molecule has 9 heteroatoms. The summed E-state index contributed by atoms with van der Waals surface area (Å²) in [5.74, 6) is -0.994. The number of carbonyl (C=O) groups is 4. The highest BCUT2D eigenvalue weighted by atomic mass is 16.5. The van der Waals surface area contributed by atoms with Gasteiger partial charge in [-0.2, -0.15) is 0 Å². The van der Waals surface area contributed by atoms with Crippen molar-refractivity contribution in [2.24, 2.45) is 0 Å². The van der Waals surface area contributed by atoms with E-state index in [1.165, 1.54) is 16.0 Å². The molecule has 194 valence electrons. The molecule has 2 fully saturated rings. The van der Waals surface area contributed by atoms with Gasteiger partial charge >= 0.3 is 0 Å². The van der Waals surface area contributed by atoms with Crippen molar-refractivity contribution < 1.29 is 23.9 Å². The molecule has 3 heterocycles. The van der Waals surface area contributed by atoms with Gasteiger partial charge in [-0.3, -0.25) is 29.4 Å². The van der Waals surface area contributed by atoms with Crippen LogP contribution in [0.1, 0.15) is 51.0 Å². The number of fused-ring (bicyclic) bond motifs is 1. The van der Waals surface area contributed by atoms with Crippen molar-refractivity contribution in [2.75, 3.05) is 26.3 Å². The van der Waals surface area contributed by atoms with Crippen molar-refractivity contribution in [1.82, 2.24) is 20.4 Å². The van der Waals surface area contributed by atoms with E-state index in [2.05, 4.69) is 34.6 Å². The van der Waals surface area contributed by atoms with Gasteiger partial charge in [0, 0.05) is 44.7 Å². The fourth-order valence-electron chi connectivity index (χ4n) is 5.23. The Labute approximate surface area is 216 Å². The average Bonchev–Trinajstić information content (AvgIpc) is 3.20. The summed E-state index contributed by atoms with van der Waals surface area (Å²) in [4.78, 5) is 53.1. The van der Waals surface area contributed by atoms with Crippen LogP contribution in [-0.2, 0) is 45.2 Å². The minimum Gasteiger partial charge on any atom is -0.379 e. The Balaban J connectivity index is 1.15. The molecule has 37 heavy (non-hydrogen) atoms. The summed E-state index contributed by atoms with van der Waals surface area (Å²) in [7, 11) is 0. The zero-order valence-electron chi connectivity index (χ0n) is 21.0. The molecule has 0 radical (unpaired) electrons. The zero-order valence-corrected chi connectivity index (χ0v) is 21.0. The Morgan fingerprint density at radius 3 is 2.62 bits per heavy atom. The number of imide groups is 1. The quantitative estimate of drug-likeness (QED) is 0.553. The van der Waals surface area contributed by atoms with Crippen LogP contribution >= 0.6 is 0 Å². The number of aryl methyl sites for hydroxylation is 1. The first-order valence-corrected chi connectivity index (χ1v) is 12.8. The smallest absolute Gasteiger partial charge is 0.255 e. The molecule has 2 saturated heterocycles. The van der Waals surface area contributed by atoms with Gasteiger partial charge in [0.25, 0.3) is 5.91 Å². The number of ether oxygens (including phenoxy) is 1. The largest absolute Gasteiger partial charge is 0.379 e. The average molecular weight is 505 g/mol. The second-order valence-electron chi connectivity index (χ2n) is 9.99. The topological polar surface area (TPSA) is 108 Å². The maximum atomic E-state index is 12.8. The molecule has 2 aromatic carbocycles. The predicted octanol–water partition coefficient (Wildman–Crippen LogP) is 1.45. The second-order valence-corrected chi connectivity index (χ2v) is 9.99. The van der Waals surface area contributed by atoms with Crippen molar-refractivity contribution in [1.29, 1.82) is 0 Å². The number of carbonyl (C=O) groups excluding carboxylic acids is 4. The second kappa shape index (κ2) is 10.8. The molecule has 0 saturated carbocycles. The molecule has 1 atom stereocenters. The highest BCUT2D eigenvalue weighted by Gasteiger charge is 2.39. The highest BCUT2D eigenvalue weighted by molar-refractivity contribution is 6.05.